The van der Waals surface area contributed by atoms with Gasteiger partial charge < -0.3 is 10.6 Å². The Balaban J connectivity index is 2.41. The molecule has 0 aromatic heterocycles. The van der Waals surface area contributed by atoms with Gasteiger partial charge in [-0.05, 0) is 30.9 Å². The maximum absolute atomic E-state index is 14.2. The molecule has 1 aromatic carbocycles. The maximum atomic E-state index is 14.2. The highest BCUT2D eigenvalue weighted by molar-refractivity contribution is 5.98. The predicted octanol–water partition coefficient (Wildman–Crippen LogP) is 3.55. The number of para-hydroxylation sites is 1. The minimum atomic E-state index is -0.241. The molecule has 0 spiro atoms. The second-order valence-electron chi connectivity index (χ2n) is 5.76. The van der Waals surface area contributed by atoms with Crippen molar-refractivity contribution in [1.29, 1.82) is 0 Å². The van der Waals surface area contributed by atoms with Crippen LogP contribution in [0.25, 0.3) is 0 Å². The third kappa shape index (κ3) is 2.51. The van der Waals surface area contributed by atoms with Gasteiger partial charge in [0, 0.05) is 0 Å². The monoisotopic (exact) mass is 277 g/mol. The lowest BCUT2D eigenvalue weighted by Gasteiger charge is -2.40. The molecule has 1 aliphatic heterocycles. The van der Waals surface area contributed by atoms with Gasteiger partial charge in [-0.2, -0.15) is 0 Å². The van der Waals surface area contributed by atoms with E-state index in [0.717, 1.165) is 19.3 Å². The van der Waals surface area contributed by atoms with Gasteiger partial charge in [-0.15, -0.1) is 0 Å². The molecule has 1 heterocycles. The second-order valence-corrected chi connectivity index (χ2v) is 5.76. The van der Waals surface area contributed by atoms with Crippen LogP contribution in [0.4, 0.5) is 10.1 Å². The zero-order valence-corrected chi connectivity index (χ0v) is 12.6. The standard InChI is InChI=1S/C16H24FN3/c1-4-12(3)10-16(5-2)11-19-15(18)20(16)14-9-7-6-8-13(14)17/h6-9,12H,4-5,10-11H2,1-3H3,(H2,18,19). The minimum absolute atomic E-state index is 0.193. The van der Waals surface area contributed by atoms with Crippen molar-refractivity contribution in [3.05, 3.63) is 30.1 Å². The number of guanidine groups is 1. The summed E-state index contributed by atoms with van der Waals surface area (Å²) < 4.78 is 14.2. The van der Waals surface area contributed by atoms with E-state index in [-0.39, 0.29) is 11.4 Å². The molecule has 3 nitrogen and oxygen atoms in total. The zero-order chi connectivity index (χ0) is 14.8. The number of nitrogens with two attached hydrogens (primary N) is 1. The Kier molecular flexibility index (Phi) is 4.31. The molecule has 4 heteroatoms. The fraction of sp³-hybridized carbons (Fsp3) is 0.562. The van der Waals surface area contributed by atoms with Crippen LogP contribution >= 0.6 is 0 Å². The van der Waals surface area contributed by atoms with Crippen molar-refractivity contribution in [3.63, 3.8) is 0 Å². The van der Waals surface area contributed by atoms with Gasteiger partial charge in [0.15, 0.2) is 5.96 Å². The number of nitrogens with zero attached hydrogens (tertiary/aromatic N) is 2. The topological polar surface area (TPSA) is 41.6 Å². The second kappa shape index (κ2) is 5.81. The van der Waals surface area contributed by atoms with Gasteiger partial charge in [0.2, 0.25) is 0 Å². The fourth-order valence-corrected chi connectivity index (χ4v) is 2.99. The van der Waals surface area contributed by atoms with E-state index in [2.05, 4.69) is 25.8 Å². The third-order valence-corrected chi connectivity index (χ3v) is 4.42. The first kappa shape index (κ1) is 14.8. The summed E-state index contributed by atoms with van der Waals surface area (Å²) in [5, 5.41) is 0. The van der Waals surface area contributed by atoms with Crippen LogP contribution in [-0.4, -0.2) is 18.0 Å². The van der Waals surface area contributed by atoms with Gasteiger partial charge in [0.25, 0.3) is 0 Å². The molecule has 0 saturated heterocycles. The van der Waals surface area contributed by atoms with Gasteiger partial charge in [-0.1, -0.05) is 39.3 Å². The molecule has 0 fully saturated rings. The van der Waals surface area contributed by atoms with Crippen molar-refractivity contribution >= 4 is 11.6 Å². The molecule has 1 aromatic rings. The Morgan fingerprint density at radius 2 is 2.10 bits per heavy atom. The molecule has 2 N–H and O–H groups in total. The molecule has 0 saturated carbocycles. The summed E-state index contributed by atoms with van der Waals surface area (Å²) >= 11 is 0. The predicted molar refractivity (Wildman–Crippen MR) is 82.5 cm³/mol. The molecule has 0 amide bonds. The van der Waals surface area contributed by atoms with Crippen molar-refractivity contribution < 1.29 is 4.39 Å². The van der Waals surface area contributed by atoms with E-state index in [9.17, 15) is 4.39 Å². The Bertz CT molecular complexity index is 500. The summed E-state index contributed by atoms with van der Waals surface area (Å²) in [5.74, 6) is 0.750. The molecule has 2 rings (SSSR count). The summed E-state index contributed by atoms with van der Waals surface area (Å²) in [6, 6.07) is 6.80. The van der Waals surface area contributed by atoms with Crippen LogP contribution < -0.4 is 10.6 Å². The number of hydrogen-bond donors (Lipinski definition) is 1. The minimum Gasteiger partial charge on any atom is -0.369 e. The lowest BCUT2D eigenvalue weighted by atomic mass is 9.83. The lowest BCUT2D eigenvalue weighted by Crippen LogP contribution is -2.52. The highest BCUT2D eigenvalue weighted by atomic mass is 19.1. The summed E-state index contributed by atoms with van der Waals surface area (Å²) in [7, 11) is 0. The van der Waals surface area contributed by atoms with E-state index in [4.69, 9.17) is 5.73 Å². The van der Waals surface area contributed by atoms with E-state index < -0.39 is 0 Å². The van der Waals surface area contributed by atoms with Crippen LogP contribution in [0.15, 0.2) is 29.3 Å². The van der Waals surface area contributed by atoms with Crippen LogP contribution in [0.1, 0.15) is 40.0 Å². The molecule has 0 aliphatic carbocycles. The van der Waals surface area contributed by atoms with Crippen LogP contribution in [0.5, 0.6) is 0 Å². The summed E-state index contributed by atoms with van der Waals surface area (Å²) in [6.45, 7) is 7.18. The van der Waals surface area contributed by atoms with Crippen LogP contribution in [0.2, 0.25) is 0 Å². The maximum Gasteiger partial charge on any atom is 0.196 e. The smallest absolute Gasteiger partial charge is 0.196 e. The normalized spacial score (nSPS) is 23.8. The van der Waals surface area contributed by atoms with Gasteiger partial charge in [0.05, 0.1) is 17.8 Å². The van der Waals surface area contributed by atoms with Crippen molar-refractivity contribution in [3.8, 4) is 0 Å². The van der Waals surface area contributed by atoms with Gasteiger partial charge >= 0.3 is 0 Å². The van der Waals surface area contributed by atoms with E-state index in [1.807, 2.05) is 11.0 Å². The first-order chi connectivity index (χ1) is 9.54. The molecular weight excluding hydrogens is 253 g/mol. The number of hydrogen-bond acceptors (Lipinski definition) is 3. The molecule has 2 atom stereocenters. The van der Waals surface area contributed by atoms with Crippen molar-refractivity contribution in [1.82, 2.24) is 0 Å². The first-order valence-corrected chi connectivity index (χ1v) is 7.38. The third-order valence-electron chi connectivity index (χ3n) is 4.42. The fourth-order valence-electron chi connectivity index (χ4n) is 2.99. The average Bonchev–Trinajstić information content (AvgIpc) is 2.77. The quantitative estimate of drug-likeness (QED) is 0.894. The number of benzene rings is 1. The average molecular weight is 277 g/mol. The molecule has 2 unspecified atom stereocenters. The van der Waals surface area contributed by atoms with E-state index in [0.29, 0.717) is 24.1 Å². The van der Waals surface area contributed by atoms with E-state index >= 15 is 0 Å². The van der Waals surface area contributed by atoms with Crippen LogP contribution in [0.3, 0.4) is 0 Å². The number of halogens is 1. The molecular formula is C16H24FN3. The summed E-state index contributed by atoms with van der Waals surface area (Å²) in [6.07, 6.45) is 2.97. The van der Waals surface area contributed by atoms with Gasteiger partial charge in [-0.3, -0.25) is 4.99 Å². The zero-order valence-electron chi connectivity index (χ0n) is 12.6. The Labute approximate surface area is 120 Å². The number of aliphatic imine (C=N–C) groups is 1. The van der Waals surface area contributed by atoms with E-state index in [1.54, 1.807) is 12.1 Å². The molecule has 1 aliphatic rings. The number of anilines is 1. The van der Waals surface area contributed by atoms with Crippen LogP contribution in [0, 0.1) is 11.7 Å². The van der Waals surface area contributed by atoms with E-state index in [1.165, 1.54) is 6.07 Å². The largest absolute Gasteiger partial charge is 0.369 e. The number of rotatable bonds is 5. The van der Waals surface area contributed by atoms with Crippen molar-refractivity contribution in [2.45, 2.75) is 45.6 Å². The molecule has 110 valence electrons. The lowest BCUT2D eigenvalue weighted by molar-refractivity contribution is 0.332. The highest BCUT2D eigenvalue weighted by Crippen LogP contribution is 2.37. The van der Waals surface area contributed by atoms with Crippen molar-refractivity contribution in [2.24, 2.45) is 16.6 Å². The first-order valence-electron chi connectivity index (χ1n) is 7.38. The van der Waals surface area contributed by atoms with Crippen molar-refractivity contribution in [2.75, 3.05) is 11.4 Å². The Morgan fingerprint density at radius 1 is 1.40 bits per heavy atom. The highest BCUT2D eigenvalue weighted by Gasteiger charge is 2.43. The Hall–Kier alpha value is -1.58. The molecule has 20 heavy (non-hydrogen) atoms. The van der Waals surface area contributed by atoms with Gasteiger partial charge in [-0.25, -0.2) is 4.39 Å². The Morgan fingerprint density at radius 3 is 2.70 bits per heavy atom. The summed E-state index contributed by atoms with van der Waals surface area (Å²) in [5.41, 5.74) is 6.40. The molecule has 0 bridgehead atoms. The van der Waals surface area contributed by atoms with Crippen LogP contribution in [-0.2, 0) is 0 Å². The molecule has 0 radical (unpaired) electrons. The van der Waals surface area contributed by atoms with Gasteiger partial charge in [0.1, 0.15) is 5.82 Å². The summed E-state index contributed by atoms with van der Waals surface area (Å²) in [4.78, 5) is 6.31. The SMILES string of the molecule is CCC(C)CC1(CC)CN=C(N)N1c1ccccc1F.